The fourth-order valence-electron chi connectivity index (χ4n) is 6.31. The number of anilines is 1. The predicted octanol–water partition coefficient (Wildman–Crippen LogP) is 4.39. The number of amides is 2. The number of fused-ring (bicyclic) bond motifs is 3. The molecule has 6 rings (SSSR count). The number of para-hydroxylation sites is 1. The molecule has 0 saturated heterocycles. The van der Waals surface area contributed by atoms with Gasteiger partial charge in [-0.2, -0.15) is 0 Å². The van der Waals surface area contributed by atoms with Crippen molar-refractivity contribution in [3.05, 3.63) is 103 Å². The van der Waals surface area contributed by atoms with Crippen molar-refractivity contribution < 1.29 is 14.3 Å². The summed E-state index contributed by atoms with van der Waals surface area (Å²) in [5.41, 5.74) is 3.19. The topological polar surface area (TPSA) is 84.2 Å². The lowest BCUT2D eigenvalue weighted by molar-refractivity contribution is -0.127. The lowest BCUT2D eigenvalue weighted by Crippen LogP contribution is -2.43. The summed E-state index contributed by atoms with van der Waals surface area (Å²) < 4.78 is 7.80. The van der Waals surface area contributed by atoms with Gasteiger partial charge in [-0.05, 0) is 57.5 Å². The van der Waals surface area contributed by atoms with Crippen molar-refractivity contribution in [1.82, 2.24) is 9.47 Å². The van der Waals surface area contributed by atoms with Crippen LogP contribution in [0, 0.1) is 0 Å². The number of methoxy groups -OCH3 is 1. The van der Waals surface area contributed by atoms with Crippen LogP contribution in [-0.4, -0.2) is 47.5 Å². The van der Waals surface area contributed by atoms with E-state index in [2.05, 4.69) is 0 Å². The normalized spacial score (nSPS) is 17.3. The number of ether oxygens (including phenoxy) is 1. The quantitative estimate of drug-likeness (QED) is 0.332. The molecule has 1 aromatic heterocycles. The van der Waals surface area contributed by atoms with Gasteiger partial charge < -0.3 is 14.5 Å². The number of rotatable bonds is 6. The van der Waals surface area contributed by atoms with E-state index in [-0.39, 0.29) is 23.4 Å². The van der Waals surface area contributed by atoms with Crippen LogP contribution in [0.4, 0.5) is 5.69 Å². The number of likely N-dealkylation sites (N-methyl/N-ethyl adjacent to an activating group) is 1. The number of carbonyl (C=O) groups is 2. The molecule has 0 bridgehead atoms. The summed E-state index contributed by atoms with van der Waals surface area (Å²) in [4.78, 5) is 51.5. The standard InChI is InChI=1S/C34H34N4O4S/c1-7-36(8-2)31(39)26-20(5)35-34-38(29(26)27-22-14-10-9-13-21(22)17-18-25(27)42-6)33(41)30(43-34)28-23-15-11-12-16-24(23)37(19(3)4)32(28)40/h9-19,29H,7-8H2,1-6H3/b30-28-/t29-/m1/s1. The van der Waals surface area contributed by atoms with E-state index in [1.165, 1.54) is 11.3 Å². The van der Waals surface area contributed by atoms with Crippen LogP contribution in [0.3, 0.4) is 0 Å². The summed E-state index contributed by atoms with van der Waals surface area (Å²) in [6.45, 7) is 10.6. The van der Waals surface area contributed by atoms with Crippen LogP contribution in [0.1, 0.15) is 51.8 Å². The monoisotopic (exact) mass is 594 g/mol. The van der Waals surface area contributed by atoms with E-state index in [1.54, 1.807) is 21.5 Å². The van der Waals surface area contributed by atoms with Gasteiger partial charge in [0.1, 0.15) is 16.3 Å². The fraction of sp³-hybridized carbons (Fsp3) is 0.294. The van der Waals surface area contributed by atoms with Gasteiger partial charge in [0.15, 0.2) is 4.80 Å². The molecule has 1 atom stereocenters. The minimum absolute atomic E-state index is 0.0944. The van der Waals surface area contributed by atoms with E-state index >= 15 is 0 Å². The molecule has 2 aliphatic heterocycles. The van der Waals surface area contributed by atoms with Gasteiger partial charge in [-0.3, -0.25) is 19.0 Å². The lowest BCUT2D eigenvalue weighted by atomic mass is 9.90. The number of carbonyl (C=O) groups excluding carboxylic acids is 2. The molecule has 3 heterocycles. The van der Waals surface area contributed by atoms with E-state index in [0.29, 0.717) is 50.6 Å². The second kappa shape index (κ2) is 11.0. The van der Waals surface area contributed by atoms with Crippen molar-refractivity contribution in [3.8, 4) is 5.75 Å². The summed E-state index contributed by atoms with van der Waals surface area (Å²) in [5, 5.41) is 1.83. The van der Waals surface area contributed by atoms with Crippen LogP contribution >= 0.6 is 11.3 Å². The number of nitrogens with zero attached hydrogens (tertiary/aromatic N) is 4. The van der Waals surface area contributed by atoms with Crippen LogP contribution in [0.5, 0.6) is 5.75 Å². The van der Waals surface area contributed by atoms with Crippen LogP contribution in [0.25, 0.3) is 16.3 Å². The molecular weight excluding hydrogens is 560 g/mol. The SMILES string of the molecule is CCN(CC)C(=O)C1=C(C)N=c2s/c(=C3\C(=O)N(C(C)C)c4ccccc43)c(=O)n2[C@H]1c1c(OC)ccc2ccccc12. The maximum atomic E-state index is 14.7. The van der Waals surface area contributed by atoms with Gasteiger partial charge in [0.05, 0.1) is 29.6 Å². The van der Waals surface area contributed by atoms with Gasteiger partial charge in [0, 0.05) is 30.3 Å². The van der Waals surface area contributed by atoms with Gasteiger partial charge in [-0.15, -0.1) is 0 Å². The highest BCUT2D eigenvalue weighted by molar-refractivity contribution is 7.07. The Balaban J connectivity index is 1.73. The molecule has 220 valence electrons. The second-order valence-corrected chi connectivity index (χ2v) is 11.9. The second-order valence-electron chi connectivity index (χ2n) is 10.9. The third-order valence-electron chi connectivity index (χ3n) is 8.31. The molecule has 0 aliphatic carbocycles. The molecule has 0 unspecified atom stereocenters. The Labute approximate surface area is 253 Å². The number of hydrogen-bond acceptors (Lipinski definition) is 6. The average Bonchev–Trinajstić information content (AvgIpc) is 3.48. The predicted molar refractivity (Wildman–Crippen MR) is 170 cm³/mol. The Morgan fingerprint density at radius 1 is 1.02 bits per heavy atom. The fourth-order valence-corrected chi connectivity index (χ4v) is 7.44. The van der Waals surface area contributed by atoms with Gasteiger partial charge in [-0.1, -0.05) is 59.9 Å². The molecule has 2 aliphatic rings. The first kappa shape index (κ1) is 28.6. The zero-order valence-electron chi connectivity index (χ0n) is 25.2. The van der Waals surface area contributed by atoms with E-state index < -0.39 is 6.04 Å². The lowest BCUT2D eigenvalue weighted by Gasteiger charge is -2.30. The number of thiazole rings is 1. The summed E-state index contributed by atoms with van der Waals surface area (Å²) >= 11 is 1.19. The zero-order chi connectivity index (χ0) is 30.6. The van der Waals surface area contributed by atoms with E-state index in [9.17, 15) is 14.4 Å². The molecular formula is C34H34N4O4S. The minimum atomic E-state index is -0.812. The highest BCUT2D eigenvalue weighted by Gasteiger charge is 2.39. The molecule has 2 amide bonds. The summed E-state index contributed by atoms with van der Waals surface area (Å²) in [6.07, 6.45) is 0. The van der Waals surface area contributed by atoms with Crippen molar-refractivity contribution in [1.29, 1.82) is 0 Å². The van der Waals surface area contributed by atoms with Crippen LogP contribution in [0.15, 0.2) is 81.7 Å². The van der Waals surface area contributed by atoms with E-state index in [1.807, 2.05) is 95.3 Å². The van der Waals surface area contributed by atoms with Crippen molar-refractivity contribution in [2.45, 2.75) is 46.7 Å². The smallest absolute Gasteiger partial charge is 0.271 e. The molecule has 0 radical (unpaired) electrons. The summed E-state index contributed by atoms with van der Waals surface area (Å²) in [5.74, 6) is 0.170. The van der Waals surface area contributed by atoms with Gasteiger partial charge in [0.2, 0.25) is 0 Å². The first-order valence-corrected chi connectivity index (χ1v) is 15.4. The maximum Gasteiger partial charge on any atom is 0.271 e. The summed E-state index contributed by atoms with van der Waals surface area (Å²) in [7, 11) is 1.59. The molecule has 43 heavy (non-hydrogen) atoms. The van der Waals surface area contributed by atoms with E-state index in [0.717, 1.165) is 22.0 Å². The Bertz CT molecular complexity index is 2020. The number of benzene rings is 3. The third kappa shape index (κ3) is 4.33. The zero-order valence-corrected chi connectivity index (χ0v) is 26.0. The Hall–Kier alpha value is -4.50. The molecule has 0 fully saturated rings. The van der Waals surface area contributed by atoms with Crippen molar-refractivity contribution in [2.75, 3.05) is 25.1 Å². The molecule has 0 saturated carbocycles. The van der Waals surface area contributed by atoms with Crippen LogP contribution < -0.4 is 24.5 Å². The van der Waals surface area contributed by atoms with Crippen LogP contribution in [-0.2, 0) is 9.59 Å². The highest BCUT2D eigenvalue weighted by Crippen LogP contribution is 2.41. The van der Waals surface area contributed by atoms with Crippen molar-refractivity contribution in [2.24, 2.45) is 4.99 Å². The van der Waals surface area contributed by atoms with E-state index in [4.69, 9.17) is 9.73 Å². The van der Waals surface area contributed by atoms with Gasteiger partial charge in [0.25, 0.3) is 17.4 Å². The molecule has 4 aromatic rings. The minimum Gasteiger partial charge on any atom is -0.496 e. The first-order valence-electron chi connectivity index (χ1n) is 14.6. The number of hydrogen-bond donors (Lipinski definition) is 0. The molecule has 3 aromatic carbocycles. The van der Waals surface area contributed by atoms with Crippen molar-refractivity contribution >= 4 is 45.2 Å². The first-order chi connectivity index (χ1) is 20.7. The summed E-state index contributed by atoms with van der Waals surface area (Å²) in [6, 6.07) is 18.4. The molecule has 0 spiro atoms. The van der Waals surface area contributed by atoms with Crippen molar-refractivity contribution in [3.63, 3.8) is 0 Å². The van der Waals surface area contributed by atoms with Crippen LogP contribution in [0.2, 0.25) is 0 Å². The Morgan fingerprint density at radius 2 is 1.72 bits per heavy atom. The van der Waals surface area contributed by atoms with Gasteiger partial charge in [-0.25, -0.2) is 4.99 Å². The number of aromatic nitrogens is 1. The van der Waals surface area contributed by atoms with Gasteiger partial charge >= 0.3 is 0 Å². The molecule has 8 nitrogen and oxygen atoms in total. The molecule has 9 heteroatoms. The molecule has 0 N–H and O–H groups in total. The third-order valence-corrected chi connectivity index (χ3v) is 9.36. The average molecular weight is 595 g/mol. The largest absolute Gasteiger partial charge is 0.496 e. The number of allylic oxidation sites excluding steroid dienone is 1. The Kier molecular flexibility index (Phi) is 7.30. The Morgan fingerprint density at radius 3 is 2.42 bits per heavy atom. The highest BCUT2D eigenvalue weighted by atomic mass is 32.1. The maximum absolute atomic E-state index is 14.7.